The lowest BCUT2D eigenvalue weighted by molar-refractivity contribution is -0.147. The fourth-order valence-electron chi connectivity index (χ4n) is 4.09. The number of benzene rings is 3. The third-order valence-corrected chi connectivity index (χ3v) is 5.86. The Morgan fingerprint density at radius 2 is 1.24 bits per heavy atom. The summed E-state index contributed by atoms with van der Waals surface area (Å²) in [6.07, 6.45) is 0. The molecule has 0 N–H and O–H groups in total. The van der Waals surface area contributed by atoms with Gasteiger partial charge in [0.2, 0.25) is 0 Å². The summed E-state index contributed by atoms with van der Waals surface area (Å²) in [5.41, 5.74) is 1.96. The smallest absolute Gasteiger partial charge is 0.344 e. The zero-order valence-corrected chi connectivity index (χ0v) is 20.1. The quantitative estimate of drug-likeness (QED) is 0.244. The molecule has 2 aliphatic rings. The summed E-state index contributed by atoms with van der Waals surface area (Å²) in [7, 11) is 3.08. The van der Waals surface area contributed by atoms with E-state index in [1.807, 2.05) is 0 Å². The number of esters is 3. The van der Waals surface area contributed by atoms with E-state index in [9.17, 15) is 14.4 Å². The van der Waals surface area contributed by atoms with E-state index in [0.717, 1.165) is 0 Å². The normalized spacial score (nSPS) is 13.6. The van der Waals surface area contributed by atoms with Crippen LogP contribution in [-0.2, 0) is 23.9 Å². The van der Waals surface area contributed by atoms with Crippen LogP contribution in [0.2, 0.25) is 0 Å². The van der Waals surface area contributed by atoms with Gasteiger partial charge in [-0.15, -0.1) is 0 Å². The highest BCUT2D eigenvalue weighted by molar-refractivity contribution is 6.21. The van der Waals surface area contributed by atoms with E-state index >= 15 is 0 Å². The molecular weight excluding hydrogens is 480 g/mol. The van der Waals surface area contributed by atoms with Crippen LogP contribution in [0.5, 0.6) is 23.0 Å². The first-order valence-electron chi connectivity index (χ1n) is 11.4. The average molecular weight is 502 g/mol. The third kappa shape index (κ3) is 4.76. The van der Waals surface area contributed by atoms with E-state index in [1.54, 1.807) is 67.8 Å². The van der Waals surface area contributed by atoms with Gasteiger partial charge in [0, 0.05) is 17.5 Å². The van der Waals surface area contributed by atoms with Gasteiger partial charge in [-0.25, -0.2) is 14.4 Å². The molecular formula is C28H22O9. The Labute approximate surface area is 211 Å². The number of ether oxygens (including phenoxy) is 6. The lowest BCUT2D eigenvalue weighted by atomic mass is 10.0. The molecule has 0 amide bonds. The van der Waals surface area contributed by atoms with E-state index in [-0.39, 0.29) is 13.2 Å². The van der Waals surface area contributed by atoms with Crippen LogP contribution in [-0.4, -0.2) is 51.9 Å². The molecule has 0 aromatic heterocycles. The predicted molar refractivity (Wildman–Crippen MR) is 130 cm³/mol. The summed E-state index contributed by atoms with van der Waals surface area (Å²) in [6.45, 7) is 0.199. The molecule has 188 valence electrons. The monoisotopic (exact) mass is 502 g/mol. The van der Waals surface area contributed by atoms with Crippen LogP contribution in [0.1, 0.15) is 11.1 Å². The summed E-state index contributed by atoms with van der Waals surface area (Å²) in [5.74, 6) is 0.251. The van der Waals surface area contributed by atoms with Crippen molar-refractivity contribution in [3.05, 3.63) is 82.2 Å². The van der Waals surface area contributed by atoms with Crippen molar-refractivity contribution in [2.45, 2.75) is 0 Å². The molecule has 3 aromatic rings. The van der Waals surface area contributed by atoms with Crippen molar-refractivity contribution in [1.82, 2.24) is 0 Å². The fraction of sp³-hybridized carbons (Fsp3) is 0.179. The van der Waals surface area contributed by atoms with Gasteiger partial charge < -0.3 is 28.4 Å². The molecule has 37 heavy (non-hydrogen) atoms. The van der Waals surface area contributed by atoms with Crippen LogP contribution >= 0.6 is 0 Å². The number of methoxy groups -OCH3 is 2. The highest BCUT2D eigenvalue weighted by atomic mass is 16.6. The second-order valence-corrected chi connectivity index (χ2v) is 8.13. The number of carbonyl (C=O) groups excluding carboxylic acids is 3. The number of fused-ring (bicyclic) bond motifs is 2. The third-order valence-electron chi connectivity index (χ3n) is 5.86. The molecule has 0 fully saturated rings. The van der Waals surface area contributed by atoms with Crippen molar-refractivity contribution >= 4 is 29.1 Å². The molecule has 0 aliphatic carbocycles. The summed E-state index contributed by atoms with van der Waals surface area (Å²) in [4.78, 5) is 37.2. The van der Waals surface area contributed by atoms with Crippen LogP contribution < -0.4 is 29.4 Å². The molecule has 9 heteroatoms. The van der Waals surface area contributed by atoms with Gasteiger partial charge in [0.05, 0.1) is 24.9 Å². The molecule has 0 saturated heterocycles. The summed E-state index contributed by atoms with van der Waals surface area (Å²) >= 11 is 0. The van der Waals surface area contributed by atoms with Gasteiger partial charge >= 0.3 is 17.9 Å². The Hall–Kier alpha value is -4.63. The van der Waals surface area contributed by atoms with Crippen molar-refractivity contribution in [2.75, 3.05) is 34.0 Å². The van der Waals surface area contributed by atoms with E-state index in [0.29, 0.717) is 62.3 Å². The molecule has 0 bridgehead atoms. The summed E-state index contributed by atoms with van der Waals surface area (Å²) in [6, 6.07) is 17.0. The average Bonchev–Trinajstić information content (AvgIpc) is 3.40. The molecule has 0 atom stereocenters. The maximum Gasteiger partial charge on any atom is 0.344 e. The predicted octanol–water partition coefficient (Wildman–Crippen LogP) is 1.50. The van der Waals surface area contributed by atoms with Crippen molar-refractivity contribution in [3.63, 3.8) is 0 Å². The first-order chi connectivity index (χ1) is 18.0. The number of rotatable bonds is 9. The van der Waals surface area contributed by atoms with Crippen molar-refractivity contribution in [1.29, 1.82) is 0 Å². The van der Waals surface area contributed by atoms with Crippen LogP contribution in [0.25, 0.3) is 11.1 Å². The molecule has 0 saturated carbocycles. The highest BCUT2D eigenvalue weighted by Crippen LogP contribution is 2.28. The zero-order valence-electron chi connectivity index (χ0n) is 20.1. The van der Waals surface area contributed by atoms with Crippen molar-refractivity contribution < 1.29 is 42.8 Å². The first-order valence-corrected chi connectivity index (χ1v) is 11.4. The molecule has 2 aliphatic heterocycles. The zero-order chi connectivity index (χ0) is 25.9. The number of carbonyl (C=O) groups is 3. The summed E-state index contributed by atoms with van der Waals surface area (Å²) < 4.78 is 31.5. The van der Waals surface area contributed by atoms with Crippen molar-refractivity contribution in [3.8, 4) is 23.0 Å². The lowest BCUT2D eigenvalue weighted by Gasteiger charge is -2.07. The standard InChI is InChI=1S/C28H22O9/c1-32-11-12-34-24(29)15-35-19-9-5-17(6-10-19)26-21-14-22-20(13-23(21)37-28(26)31)25(27(30)36-22)16-3-7-18(33-2)8-4-16/h3-10,13-14H,11-12,15H2,1-2H3. The van der Waals surface area contributed by atoms with Gasteiger partial charge in [0.15, 0.2) is 6.61 Å². The van der Waals surface area contributed by atoms with E-state index in [1.165, 1.54) is 7.11 Å². The Balaban J connectivity index is 1.44. The van der Waals surface area contributed by atoms with Gasteiger partial charge in [-0.3, -0.25) is 0 Å². The largest absolute Gasteiger partial charge is 0.497 e. The number of hydrogen-bond acceptors (Lipinski definition) is 9. The maximum absolute atomic E-state index is 12.8. The van der Waals surface area contributed by atoms with Crippen LogP contribution in [0.3, 0.4) is 0 Å². The molecule has 0 radical (unpaired) electrons. The van der Waals surface area contributed by atoms with Gasteiger partial charge in [-0.1, -0.05) is 24.3 Å². The van der Waals surface area contributed by atoms with Crippen LogP contribution in [0.15, 0.2) is 60.7 Å². The number of hydrogen-bond donors (Lipinski definition) is 0. The SMILES string of the molecule is COCCOC(=O)COc1ccc(C2=c3cc4c(cc3OC2=O)=C(c2ccc(OC)cc2)C(=O)O4)cc1. The molecule has 0 spiro atoms. The molecule has 2 heterocycles. The van der Waals surface area contributed by atoms with Crippen molar-refractivity contribution in [2.24, 2.45) is 0 Å². The minimum absolute atomic E-state index is 0.149. The van der Waals surface area contributed by atoms with E-state index in [4.69, 9.17) is 28.4 Å². The van der Waals surface area contributed by atoms with E-state index in [2.05, 4.69) is 0 Å². The Morgan fingerprint density at radius 3 is 1.73 bits per heavy atom. The van der Waals surface area contributed by atoms with Crippen LogP contribution in [0, 0.1) is 0 Å². The highest BCUT2D eigenvalue weighted by Gasteiger charge is 2.30. The topological polar surface area (TPSA) is 107 Å². The lowest BCUT2D eigenvalue weighted by Crippen LogP contribution is -2.17. The Bertz CT molecular complexity index is 1500. The maximum atomic E-state index is 12.8. The Kier molecular flexibility index (Phi) is 6.61. The van der Waals surface area contributed by atoms with E-state index < -0.39 is 17.9 Å². The summed E-state index contributed by atoms with van der Waals surface area (Å²) in [5, 5.41) is 1.06. The van der Waals surface area contributed by atoms with Crippen LogP contribution in [0.4, 0.5) is 0 Å². The molecule has 5 rings (SSSR count). The molecule has 9 nitrogen and oxygen atoms in total. The molecule has 0 unspecified atom stereocenters. The second kappa shape index (κ2) is 10.2. The minimum Gasteiger partial charge on any atom is -0.497 e. The van der Waals surface area contributed by atoms with Gasteiger partial charge in [-0.2, -0.15) is 0 Å². The second-order valence-electron chi connectivity index (χ2n) is 8.13. The van der Waals surface area contributed by atoms with Gasteiger partial charge in [0.1, 0.15) is 29.6 Å². The fourth-order valence-corrected chi connectivity index (χ4v) is 4.09. The van der Waals surface area contributed by atoms with Gasteiger partial charge in [-0.05, 0) is 47.5 Å². The minimum atomic E-state index is -0.522. The molecule has 3 aromatic carbocycles. The Morgan fingerprint density at radius 1 is 0.730 bits per heavy atom. The first kappa shape index (κ1) is 24.1. The van der Waals surface area contributed by atoms with Gasteiger partial charge in [0.25, 0.3) is 0 Å².